The number of ether oxygens (including phenoxy) is 3. The molecule has 2 rings (SSSR count). The summed E-state index contributed by atoms with van der Waals surface area (Å²) in [7, 11) is 0. The first kappa shape index (κ1) is 13.0. The van der Waals surface area contributed by atoms with E-state index in [1.807, 2.05) is 20.8 Å². The highest BCUT2D eigenvalue weighted by Crippen LogP contribution is 2.29. The first-order chi connectivity index (χ1) is 7.89. The van der Waals surface area contributed by atoms with Crippen molar-refractivity contribution in [1.82, 2.24) is 0 Å². The van der Waals surface area contributed by atoms with Gasteiger partial charge in [-0.15, -0.1) is 0 Å². The van der Waals surface area contributed by atoms with Crippen molar-refractivity contribution in [2.24, 2.45) is 5.41 Å². The molecule has 2 aliphatic rings. The quantitative estimate of drug-likeness (QED) is 0.765. The number of aliphatic hydroxyl groups is 1. The van der Waals surface area contributed by atoms with E-state index in [1.165, 1.54) is 0 Å². The van der Waals surface area contributed by atoms with E-state index in [4.69, 9.17) is 14.2 Å². The Hall–Kier alpha value is -0.490. The van der Waals surface area contributed by atoms with Crippen LogP contribution in [0.15, 0.2) is 0 Å². The lowest BCUT2D eigenvalue weighted by atomic mass is 9.91. The van der Waals surface area contributed by atoms with Gasteiger partial charge in [0, 0.05) is 5.41 Å². The third-order valence-electron chi connectivity index (χ3n) is 3.25. The van der Waals surface area contributed by atoms with Crippen molar-refractivity contribution in [2.75, 3.05) is 19.8 Å². The van der Waals surface area contributed by atoms with Crippen LogP contribution < -0.4 is 0 Å². The highest BCUT2D eigenvalue weighted by molar-refractivity contribution is 5.84. The standard InChI is InChI=1S/C12H20O5/c1-12(2,3)9(14)6-15-8-5-17-10-7(13)4-16-11(8)10/h7-8,10-11,13H,4-6H2,1-3H3/t7-,8+,10-,11-/m1/s1. The molecule has 0 saturated carbocycles. The topological polar surface area (TPSA) is 65.0 Å². The molecule has 0 radical (unpaired) electrons. The molecule has 0 aromatic heterocycles. The Morgan fingerprint density at radius 1 is 1.29 bits per heavy atom. The molecule has 2 saturated heterocycles. The minimum Gasteiger partial charge on any atom is -0.388 e. The third-order valence-corrected chi connectivity index (χ3v) is 3.25. The summed E-state index contributed by atoms with van der Waals surface area (Å²) < 4.78 is 16.4. The fourth-order valence-corrected chi connectivity index (χ4v) is 1.99. The summed E-state index contributed by atoms with van der Waals surface area (Å²) in [6.45, 7) is 6.32. The normalized spacial score (nSPS) is 37.2. The fraction of sp³-hybridized carbons (Fsp3) is 0.917. The summed E-state index contributed by atoms with van der Waals surface area (Å²) in [5, 5.41) is 9.55. The minimum absolute atomic E-state index is 0.0551. The van der Waals surface area contributed by atoms with Gasteiger partial charge in [0.2, 0.25) is 0 Å². The maximum Gasteiger partial charge on any atom is 0.163 e. The maximum absolute atomic E-state index is 11.7. The van der Waals surface area contributed by atoms with Crippen molar-refractivity contribution in [3.05, 3.63) is 0 Å². The molecule has 0 aromatic rings. The second-order valence-corrected chi connectivity index (χ2v) is 5.69. The summed E-state index contributed by atoms with van der Waals surface area (Å²) in [6, 6.07) is 0. The van der Waals surface area contributed by atoms with Gasteiger partial charge in [0.1, 0.15) is 31.0 Å². The smallest absolute Gasteiger partial charge is 0.163 e. The molecule has 17 heavy (non-hydrogen) atoms. The zero-order valence-electron chi connectivity index (χ0n) is 10.5. The number of ketones is 1. The molecular formula is C12H20O5. The lowest BCUT2D eigenvalue weighted by molar-refractivity contribution is -0.135. The highest BCUT2D eigenvalue weighted by atomic mass is 16.6. The molecule has 2 heterocycles. The van der Waals surface area contributed by atoms with Crippen LogP contribution in [0.3, 0.4) is 0 Å². The van der Waals surface area contributed by atoms with Crippen LogP contribution >= 0.6 is 0 Å². The van der Waals surface area contributed by atoms with Crippen molar-refractivity contribution < 1.29 is 24.1 Å². The number of carbonyl (C=O) groups excluding carboxylic acids is 1. The van der Waals surface area contributed by atoms with Crippen molar-refractivity contribution >= 4 is 5.78 Å². The molecule has 0 unspecified atom stereocenters. The van der Waals surface area contributed by atoms with E-state index < -0.39 is 11.5 Å². The van der Waals surface area contributed by atoms with Crippen LogP contribution in [0.2, 0.25) is 0 Å². The molecule has 0 aliphatic carbocycles. The van der Waals surface area contributed by atoms with E-state index in [-0.39, 0.29) is 37.3 Å². The summed E-state index contributed by atoms with van der Waals surface area (Å²) in [5.41, 5.74) is -0.394. The van der Waals surface area contributed by atoms with E-state index in [0.717, 1.165) is 0 Å². The van der Waals surface area contributed by atoms with E-state index in [2.05, 4.69) is 0 Å². The van der Waals surface area contributed by atoms with E-state index in [9.17, 15) is 9.90 Å². The molecule has 1 N–H and O–H groups in total. The summed E-state index contributed by atoms with van der Waals surface area (Å²) in [6.07, 6.45) is -1.36. The first-order valence-corrected chi connectivity index (χ1v) is 5.96. The lowest BCUT2D eigenvalue weighted by Gasteiger charge is -2.20. The van der Waals surface area contributed by atoms with Gasteiger partial charge in [0.15, 0.2) is 5.78 Å². The van der Waals surface area contributed by atoms with Gasteiger partial charge in [-0.3, -0.25) is 4.79 Å². The Labute approximate surface area is 101 Å². The van der Waals surface area contributed by atoms with E-state index in [0.29, 0.717) is 6.61 Å². The number of Topliss-reactive ketones (excluding diaryl/α,β-unsaturated/α-hetero) is 1. The lowest BCUT2D eigenvalue weighted by Crippen LogP contribution is -2.35. The number of hydrogen-bond donors (Lipinski definition) is 1. The SMILES string of the molecule is CC(C)(C)C(=O)CO[C@H]1CO[C@H]2[C@@H]1OC[C@H]2O. The summed E-state index contributed by atoms with van der Waals surface area (Å²) >= 11 is 0. The number of hydrogen-bond acceptors (Lipinski definition) is 5. The number of rotatable bonds is 3. The van der Waals surface area contributed by atoms with Crippen molar-refractivity contribution in [3.8, 4) is 0 Å². The largest absolute Gasteiger partial charge is 0.388 e. The van der Waals surface area contributed by atoms with E-state index in [1.54, 1.807) is 0 Å². The fourth-order valence-electron chi connectivity index (χ4n) is 1.99. The van der Waals surface area contributed by atoms with Crippen LogP contribution in [0.25, 0.3) is 0 Å². The summed E-state index contributed by atoms with van der Waals surface area (Å²) in [5.74, 6) is 0.0551. The van der Waals surface area contributed by atoms with Gasteiger partial charge in [-0.2, -0.15) is 0 Å². The Bertz CT molecular complexity index is 296. The van der Waals surface area contributed by atoms with Crippen LogP contribution in [0.5, 0.6) is 0 Å². The molecule has 2 fully saturated rings. The van der Waals surface area contributed by atoms with Crippen LogP contribution in [0.1, 0.15) is 20.8 Å². The predicted octanol–water partition coefficient (Wildman–Crippen LogP) is 0.145. The molecule has 98 valence electrons. The van der Waals surface area contributed by atoms with Gasteiger partial charge in [-0.25, -0.2) is 0 Å². The first-order valence-electron chi connectivity index (χ1n) is 5.96. The summed E-state index contributed by atoms with van der Waals surface area (Å²) in [4.78, 5) is 11.7. The molecule has 0 amide bonds. The van der Waals surface area contributed by atoms with E-state index >= 15 is 0 Å². The predicted molar refractivity (Wildman–Crippen MR) is 59.7 cm³/mol. The average molecular weight is 244 g/mol. The van der Waals surface area contributed by atoms with Crippen LogP contribution in [-0.4, -0.2) is 55.1 Å². The monoisotopic (exact) mass is 244 g/mol. The van der Waals surface area contributed by atoms with Crippen molar-refractivity contribution in [3.63, 3.8) is 0 Å². The molecule has 0 bridgehead atoms. The Balaban J connectivity index is 1.83. The van der Waals surface area contributed by atoms with Gasteiger partial charge in [-0.05, 0) is 0 Å². The Kier molecular flexibility index (Phi) is 3.54. The number of carbonyl (C=O) groups is 1. The van der Waals surface area contributed by atoms with Gasteiger partial charge in [0.05, 0.1) is 13.2 Å². The van der Waals surface area contributed by atoms with Crippen LogP contribution in [0, 0.1) is 5.41 Å². The molecule has 5 heteroatoms. The number of fused-ring (bicyclic) bond motifs is 1. The molecule has 0 aromatic carbocycles. The van der Waals surface area contributed by atoms with Gasteiger partial charge in [0.25, 0.3) is 0 Å². The molecular weight excluding hydrogens is 224 g/mol. The van der Waals surface area contributed by atoms with Crippen molar-refractivity contribution in [2.45, 2.75) is 45.2 Å². The van der Waals surface area contributed by atoms with Gasteiger partial charge in [-0.1, -0.05) is 20.8 Å². The number of aliphatic hydroxyl groups excluding tert-OH is 1. The Morgan fingerprint density at radius 2 is 1.94 bits per heavy atom. The second kappa shape index (κ2) is 4.65. The molecule has 5 nitrogen and oxygen atoms in total. The Morgan fingerprint density at radius 3 is 2.59 bits per heavy atom. The zero-order valence-corrected chi connectivity index (χ0v) is 10.5. The van der Waals surface area contributed by atoms with Crippen LogP contribution in [-0.2, 0) is 19.0 Å². The average Bonchev–Trinajstić information content (AvgIpc) is 2.77. The van der Waals surface area contributed by atoms with Gasteiger partial charge >= 0.3 is 0 Å². The van der Waals surface area contributed by atoms with Crippen LogP contribution in [0.4, 0.5) is 0 Å². The second-order valence-electron chi connectivity index (χ2n) is 5.69. The van der Waals surface area contributed by atoms with Crippen molar-refractivity contribution in [1.29, 1.82) is 0 Å². The molecule has 2 aliphatic heterocycles. The zero-order chi connectivity index (χ0) is 12.6. The molecule has 0 spiro atoms. The molecule has 4 atom stereocenters. The maximum atomic E-state index is 11.7. The third kappa shape index (κ3) is 2.68. The van der Waals surface area contributed by atoms with Gasteiger partial charge < -0.3 is 19.3 Å². The highest BCUT2D eigenvalue weighted by Gasteiger charge is 2.47. The minimum atomic E-state index is -0.577.